The second-order valence-electron chi connectivity index (χ2n) is 6.62. The molecule has 0 fully saturated rings. The van der Waals surface area contributed by atoms with E-state index in [1.54, 1.807) is 38.2 Å². The molecule has 1 atom stereocenters. The van der Waals surface area contributed by atoms with Gasteiger partial charge in [-0.3, -0.25) is 9.78 Å². The maximum absolute atomic E-state index is 12.3. The lowest BCUT2D eigenvalue weighted by Gasteiger charge is -2.19. The van der Waals surface area contributed by atoms with Crippen molar-refractivity contribution in [2.45, 2.75) is 32.4 Å². The van der Waals surface area contributed by atoms with E-state index in [1.165, 1.54) is 0 Å². The molecule has 0 bridgehead atoms. The number of ether oxygens (including phenoxy) is 1. The Labute approximate surface area is 150 Å². The van der Waals surface area contributed by atoms with Crippen LogP contribution in [0.1, 0.15) is 38.1 Å². The van der Waals surface area contributed by atoms with Crippen LogP contribution in [0.3, 0.4) is 0 Å². The van der Waals surface area contributed by atoms with Crippen molar-refractivity contribution in [3.8, 4) is 5.75 Å². The SMILES string of the molecule is C[C@@H](Oc1cc2[nH]c(=O)c(C(C)(C)N)cc2cc1Cl)c1ccccn1. The molecule has 0 radical (unpaired) electrons. The average Bonchev–Trinajstić information content (AvgIpc) is 2.55. The zero-order valence-corrected chi connectivity index (χ0v) is 15.1. The van der Waals surface area contributed by atoms with E-state index in [1.807, 2.05) is 25.1 Å². The number of aromatic nitrogens is 2. The molecule has 3 N–H and O–H groups in total. The minimum atomic E-state index is -0.739. The molecule has 3 rings (SSSR count). The Kier molecular flexibility index (Phi) is 4.54. The topological polar surface area (TPSA) is 81.0 Å². The van der Waals surface area contributed by atoms with Gasteiger partial charge in [-0.2, -0.15) is 0 Å². The van der Waals surface area contributed by atoms with E-state index in [-0.39, 0.29) is 11.7 Å². The van der Waals surface area contributed by atoms with Gasteiger partial charge < -0.3 is 15.5 Å². The number of H-pyrrole nitrogens is 1. The fraction of sp³-hybridized carbons (Fsp3) is 0.263. The van der Waals surface area contributed by atoms with Crippen LogP contribution in [0.2, 0.25) is 5.02 Å². The summed E-state index contributed by atoms with van der Waals surface area (Å²) in [6.07, 6.45) is 1.44. The largest absolute Gasteiger partial charge is 0.483 e. The molecule has 1 aromatic carbocycles. The first-order valence-electron chi connectivity index (χ1n) is 7.99. The Bertz CT molecular complexity index is 962. The van der Waals surface area contributed by atoms with Crippen LogP contribution >= 0.6 is 11.6 Å². The van der Waals surface area contributed by atoms with Crippen molar-refractivity contribution in [1.82, 2.24) is 9.97 Å². The molecule has 0 aliphatic rings. The molecule has 0 aliphatic carbocycles. The van der Waals surface area contributed by atoms with Crippen molar-refractivity contribution in [1.29, 1.82) is 0 Å². The maximum atomic E-state index is 12.3. The molecule has 0 aliphatic heterocycles. The highest BCUT2D eigenvalue weighted by atomic mass is 35.5. The monoisotopic (exact) mass is 357 g/mol. The number of halogens is 1. The first kappa shape index (κ1) is 17.5. The third-order valence-electron chi connectivity index (χ3n) is 4.00. The molecular formula is C19H20ClN3O2. The molecule has 2 aromatic heterocycles. The summed E-state index contributed by atoms with van der Waals surface area (Å²) in [6, 6.07) is 10.9. The maximum Gasteiger partial charge on any atom is 0.253 e. The van der Waals surface area contributed by atoms with E-state index in [4.69, 9.17) is 22.1 Å². The van der Waals surface area contributed by atoms with E-state index in [0.717, 1.165) is 11.1 Å². The van der Waals surface area contributed by atoms with E-state index < -0.39 is 5.54 Å². The van der Waals surface area contributed by atoms with Gasteiger partial charge in [0.1, 0.15) is 11.9 Å². The number of aromatic amines is 1. The van der Waals surface area contributed by atoms with Crippen LogP contribution in [0.4, 0.5) is 0 Å². The molecule has 25 heavy (non-hydrogen) atoms. The summed E-state index contributed by atoms with van der Waals surface area (Å²) in [7, 11) is 0. The summed E-state index contributed by atoms with van der Waals surface area (Å²) in [6.45, 7) is 5.47. The first-order chi connectivity index (χ1) is 11.8. The van der Waals surface area contributed by atoms with Crippen LogP contribution in [0.15, 0.2) is 47.4 Å². The standard InChI is InChI=1S/C19H20ClN3O2/c1-11(15-6-4-5-7-22-15)25-17-10-16-12(9-14(17)20)8-13(18(24)23-16)19(2,3)21/h4-11H,21H2,1-3H3,(H,23,24)/t11-/m1/s1. The second kappa shape index (κ2) is 6.50. The summed E-state index contributed by atoms with van der Waals surface area (Å²) in [5.41, 5.74) is 7.06. The number of fused-ring (bicyclic) bond motifs is 1. The predicted octanol–water partition coefficient (Wildman–Crippen LogP) is 3.91. The summed E-state index contributed by atoms with van der Waals surface area (Å²) in [5, 5.41) is 1.26. The molecule has 0 unspecified atom stereocenters. The molecule has 0 saturated heterocycles. The Balaban J connectivity index is 2.01. The smallest absolute Gasteiger partial charge is 0.253 e. The van der Waals surface area contributed by atoms with E-state index >= 15 is 0 Å². The van der Waals surface area contributed by atoms with Crippen molar-refractivity contribution in [3.05, 3.63) is 69.2 Å². The van der Waals surface area contributed by atoms with Crippen molar-refractivity contribution in [3.63, 3.8) is 0 Å². The van der Waals surface area contributed by atoms with E-state index in [2.05, 4.69) is 9.97 Å². The number of nitrogens with zero attached hydrogens (tertiary/aromatic N) is 1. The van der Waals surface area contributed by atoms with Gasteiger partial charge in [0.05, 0.1) is 16.2 Å². The van der Waals surface area contributed by atoms with Crippen molar-refractivity contribution >= 4 is 22.5 Å². The van der Waals surface area contributed by atoms with Gasteiger partial charge in [-0.15, -0.1) is 0 Å². The van der Waals surface area contributed by atoms with Gasteiger partial charge in [0.15, 0.2) is 0 Å². The molecule has 2 heterocycles. The first-order valence-corrected chi connectivity index (χ1v) is 8.37. The normalized spacial score (nSPS) is 13.0. The number of benzene rings is 1. The highest BCUT2D eigenvalue weighted by molar-refractivity contribution is 6.32. The molecule has 0 spiro atoms. The van der Waals surface area contributed by atoms with Gasteiger partial charge in [-0.1, -0.05) is 17.7 Å². The Morgan fingerprint density at radius 2 is 2.04 bits per heavy atom. The number of nitrogens with two attached hydrogens (primary N) is 1. The van der Waals surface area contributed by atoms with Crippen molar-refractivity contribution in [2.24, 2.45) is 5.73 Å². The van der Waals surface area contributed by atoms with Crippen LogP contribution in [-0.2, 0) is 5.54 Å². The highest BCUT2D eigenvalue weighted by Gasteiger charge is 2.20. The number of pyridine rings is 2. The zero-order chi connectivity index (χ0) is 18.2. The highest BCUT2D eigenvalue weighted by Crippen LogP contribution is 2.32. The third kappa shape index (κ3) is 3.67. The number of nitrogens with one attached hydrogen (secondary N) is 1. The van der Waals surface area contributed by atoms with Gasteiger partial charge in [0.2, 0.25) is 0 Å². The van der Waals surface area contributed by atoms with E-state index in [9.17, 15) is 4.79 Å². The number of rotatable bonds is 4. The summed E-state index contributed by atoms with van der Waals surface area (Å²) in [4.78, 5) is 19.4. The van der Waals surface area contributed by atoms with Crippen LogP contribution in [0, 0.1) is 0 Å². The van der Waals surface area contributed by atoms with Gasteiger partial charge in [-0.05, 0) is 45.0 Å². The van der Waals surface area contributed by atoms with Crippen LogP contribution in [-0.4, -0.2) is 9.97 Å². The lowest BCUT2D eigenvalue weighted by Crippen LogP contribution is -2.35. The van der Waals surface area contributed by atoms with Gasteiger partial charge in [0.25, 0.3) is 5.56 Å². The average molecular weight is 358 g/mol. The van der Waals surface area contributed by atoms with Gasteiger partial charge >= 0.3 is 0 Å². The Morgan fingerprint density at radius 1 is 1.28 bits per heavy atom. The minimum absolute atomic E-state index is 0.217. The second-order valence-corrected chi connectivity index (χ2v) is 7.03. The Morgan fingerprint density at radius 3 is 2.68 bits per heavy atom. The molecular weight excluding hydrogens is 338 g/mol. The molecule has 5 nitrogen and oxygen atoms in total. The third-order valence-corrected chi connectivity index (χ3v) is 4.29. The minimum Gasteiger partial charge on any atom is -0.483 e. The Hall–Kier alpha value is -2.37. The molecule has 3 aromatic rings. The van der Waals surface area contributed by atoms with Crippen LogP contribution in [0.5, 0.6) is 5.75 Å². The van der Waals surface area contributed by atoms with Gasteiger partial charge in [0, 0.05) is 28.8 Å². The summed E-state index contributed by atoms with van der Waals surface area (Å²) >= 11 is 6.37. The number of hydrogen-bond donors (Lipinski definition) is 2. The fourth-order valence-corrected chi connectivity index (χ4v) is 2.86. The number of hydrogen-bond acceptors (Lipinski definition) is 4. The predicted molar refractivity (Wildman–Crippen MR) is 100 cm³/mol. The zero-order valence-electron chi connectivity index (χ0n) is 14.3. The molecule has 130 valence electrons. The van der Waals surface area contributed by atoms with Gasteiger partial charge in [-0.25, -0.2) is 0 Å². The van der Waals surface area contributed by atoms with Crippen molar-refractivity contribution < 1.29 is 4.74 Å². The van der Waals surface area contributed by atoms with Crippen LogP contribution in [0.25, 0.3) is 10.9 Å². The summed E-state index contributed by atoms with van der Waals surface area (Å²) < 4.78 is 5.94. The molecule has 0 saturated carbocycles. The van der Waals surface area contributed by atoms with Crippen molar-refractivity contribution in [2.75, 3.05) is 0 Å². The quantitative estimate of drug-likeness (QED) is 0.741. The molecule has 0 amide bonds. The summed E-state index contributed by atoms with van der Waals surface area (Å²) in [5.74, 6) is 0.489. The van der Waals surface area contributed by atoms with E-state index in [0.29, 0.717) is 21.9 Å². The molecule has 6 heteroatoms. The lowest BCUT2D eigenvalue weighted by molar-refractivity contribution is 0.222. The fourth-order valence-electron chi connectivity index (χ4n) is 2.64. The van der Waals surface area contributed by atoms with Crippen LogP contribution < -0.4 is 16.0 Å². The lowest BCUT2D eigenvalue weighted by atomic mass is 9.96.